The van der Waals surface area contributed by atoms with Gasteiger partial charge in [0.05, 0.1) is 5.92 Å². The highest BCUT2D eigenvalue weighted by atomic mass is 32.1. The molecule has 0 aromatic heterocycles. The Labute approximate surface area is 108 Å². The third-order valence-electron chi connectivity index (χ3n) is 3.60. The van der Waals surface area contributed by atoms with Gasteiger partial charge in [0, 0.05) is 5.71 Å². The van der Waals surface area contributed by atoms with Crippen LogP contribution < -0.4 is 5.73 Å². The van der Waals surface area contributed by atoms with E-state index in [1.807, 2.05) is 6.92 Å². The third kappa shape index (κ3) is 1.78. The van der Waals surface area contributed by atoms with Crippen molar-refractivity contribution in [2.75, 3.05) is 0 Å². The molecule has 2 rings (SSSR count). The number of alkyl halides is 3. The molecule has 0 saturated heterocycles. The summed E-state index contributed by atoms with van der Waals surface area (Å²) in [4.78, 5) is 0. The van der Waals surface area contributed by atoms with E-state index in [4.69, 9.17) is 5.73 Å². The molecule has 8 heteroatoms. The van der Waals surface area contributed by atoms with Gasteiger partial charge < -0.3 is 10.8 Å². The number of fused-ring (bicyclic) bond motifs is 1. The lowest BCUT2D eigenvalue weighted by atomic mass is 9.76. The Kier molecular flexibility index (Phi) is 3.05. The maximum Gasteiger partial charge on any atom is 0.439 e. The highest BCUT2D eigenvalue weighted by Crippen LogP contribution is 2.48. The normalized spacial score (nSPS) is 36.3. The van der Waals surface area contributed by atoms with Crippen LogP contribution in [0.2, 0.25) is 0 Å². The number of hydrazone groups is 1. The molecule has 3 N–H and O–H groups in total. The van der Waals surface area contributed by atoms with E-state index in [9.17, 15) is 18.3 Å². The molecule has 0 aromatic carbocycles. The summed E-state index contributed by atoms with van der Waals surface area (Å²) in [5, 5.41) is 13.6. The molecule has 0 amide bonds. The zero-order valence-corrected chi connectivity index (χ0v) is 10.6. The molecule has 1 aliphatic carbocycles. The summed E-state index contributed by atoms with van der Waals surface area (Å²) in [5.41, 5.74) is 2.49. The number of hydrogen-bond donors (Lipinski definition) is 2. The number of thiocarbonyl (C=S) groups is 1. The van der Waals surface area contributed by atoms with Gasteiger partial charge in [-0.15, -0.1) is 0 Å². The van der Waals surface area contributed by atoms with Gasteiger partial charge >= 0.3 is 6.18 Å². The van der Waals surface area contributed by atoms with Crippen molar-refractivity contribution in [3.8, 4) is 0 Å². The Morgan fingerprint density at radius 1 is 1.61 bits per heavy atom. The standard InChI is InChI=1S/C10H14F3N3OS/c1-5-2-3-7-6(4-5)9(17,10(11,12)13)16(15-7)8(14)18/h5-6,17H,2-4H2,1H3,(H2,14,18)/t5-,6+,9-/m0/s1. The quantitative estimate of drug-likeness (QED) is 0.662. The first kappa shape index (κ1) is 13.5. The van der Waals surface area contributed by atoms with E-state index in [2.05, 4.69) is 17.3 Å². The van der Waals surface area contributed by atoms with Crippen LogP contribution in [0.15, 0.2) is 5.10 Å². The molecular weight excluding hydrogens is 267 g/mol. The molecule has 102 valence electrons. The lowest BCUT2D eigenvalue weighted by Gasteiger charge is -2.39. The molecule has 3 atom stereocenters. The van der Waals surface area contributed by atoms with E-state index in [0.717, 1.165) is 6.42 Å². The Hall–Kier alpha value is -0.890. The number of aliphatic hydroxyl groups is 1. The number of nitrogens with zero attached hydrogens (tertiary/aromatic N) is 2. The topological polar surface area (TPSA) is 61.8 Å². The lowest BCUT2D eigenvalue weighted by Crippen LogP contribution is -2.62. The first-order chi connectivity index (χ1) is 8.18. The van der Waals surface area contributed by atoms with Crippen molar-refractivity contribution in [1.82, 2.24) is 5.01 Å². The molecule has 1 heterocycles. The molecule has 0 aromatic rings. The Morgan fingerprint density at radius 2 is 2.22 bits per heavy atom. The van der Waals surface area contributed by atoms with E-state index < -0.39 is 22.9 Å². The summed E-state index contributed by atoms with van der Waals surface area (Å²) in [5.74, 6) is -0.975. The molecule has 0 bridgehead atoms. The van der Waals surface area contributed by atoms with Crippen molar-refractivity contribution < 1.29 is 18.3 Å². The van der Waals surface area contributed by atoms with Crippen molar-refractivity contribution in [1.29, 1.82) is 0 Å². The van der Waals surface area contributed by atoms with Gasteiger partial charge in [-0.1, -0.05) is 6.92 Å². The fourth-order valence-electron chi connectivity index (χ4n) is 2.63. The molecule has 1 saturated carbocycles. The molecule has 4 nitrogen and oxygen atoms in total. The average molecular weight is 281 g/mol. The molecule has 0 radical (unpaired) electrons. The lowest BCUT2D eigenvalue weighted by molar-refractivity contribution is -0.310. The van der Waals surface area contributed by atoms with Crippen molar-refractivity contribution in [2.45, 2.75) is 38.1 Å². The molecule has 1 aliphatic heterocycles. The SMILES string of the molecule is C[C@H]1CCC2=NN(C(N)=S)[C@@](O)(C(F)(F)F)[C@@H]2C1. The summed E-state index contributed by atoms with van der Waals surface area (Å²) >= 11 is 4.56. The van der Waals surface area contributed by atoms with Crippen LogP contribution in [0.25, 0.3) is 0 Å². The highest BCUT2D eigenvalue weighted by Gasteiger charge is 2.68. The van der Waals surface area contributed by atoms with Gasteiger partial charge in [-0.05, 0) is 37.4 Å². The summed E-state index contributed by atoms with van der Waals surface area (Å²) in [6, 6.07) is 0. The maximum absolute atomic E-state index is 13.2. The van der Waals surface area contributed by atoms with Gasteiger partial charge in [0.25, 0.3) is 5.72 Å². The van der Waals surface area contributed by atoms with E-state index in [-0.39, 0.29) is 12.3 Å². The number of halogens is 3. The van der Waals surface area contributed by atoms with Gasteiger partial charge in [-0.2, -0.15) is 23.3 Å². The fraction of sp³-hybridized carbons (Fsp3) is 0.800. The van der Waals surface area contributed by atoms with Crippen LogP contribution in [0.1, 0.15) is 26.2 Å². The predicted molar refractivity (Wildman–Crippen MR) is 63.6 cm³/mol. The van der Waals surface area contributed by atoms with E-state index in [0.29, 0.717) is 17.1 Å². The summed E-state index contributed by atoms with van der Waals surface area (Å²) in [7, 11) is 0. The summed E-state index contributed by atoms with van der Waals surface area (Å²) < 4.78 is 39.5. The summed E-state index contributed by atoms with van der Waals surface area (Å²) in [6.07, 6.45) is -3.44. The minimum atomic E-state index is -4.86. The molecule has 1 fully saturated rings. The second-order valence-corrected chi connectivity index (χ2v) is 5.32. The van der Waals surface area contributed by atoms with Crippen LogP contribution in [0.3, 0.4) is 0 Å². The first-order valence-electron chi connectivity index (χ1n) is 5.64. The van der Waals surface area contributed by atoms with Crippen LogP contribution in [0, 0.1) is 11.8 Å². The Bertz CT molecular complexity index is 412. The molecule has 18 heavy (non-hydrogen) atoms. The van der Waals surface area contributed by atoms with Crippen LogP contribution in [0.5, 0.6) is 0 Å². The van der Waals surface area contributed by atoms with E-state index in [1.165, 1.54) is 0 Å². The van der Waals surface area contributed by atoms with Crippen molar-refractivity contribution in [2.24, 2.45) is 22.7 Å². The monoisotopic (exact) mass is 281 g/mol. The Balaban J connectivity index is 2.45. The van der Waals surface area contributed by atoms with Gasteiger partial charge in [-0.25, -0.2) is 0 Å². The number of nitrogens with two attached hydrogens (primary N) is 1. The van der Waals surface area contributed by atoms with Crippen LogP contribution in [0.4, 0.5) is 13.2 Å². The second-order valence-electron chi connectivity index (χ2n) is 4.90. The predicted octanol–water partition coefficient (Wildman–Crippen LogP) is 1.59. The van der Waals surface area contributed by atoms with Gasteiger partial charge in [-0.3, -0.25) is 0 Å². The zero-order valence-electron chi connectivity index (χ0n) is 9.74. The van der Waals surface area contributed by atoms with E-state index in [1.54, 1.807) is 0 Å². The molecular formula is C10H14F3N3OS. The number of rotatable bonds is 0. The van der Waals surface area contributed by atoms with Crippen LogP contribution in [-0.2, 0) is 0 Å². The fourth-order valence-corrected chi connectivity index (χ4v) is 2.81. The smallest absolute Gasteiger partial charge is 0.375 e. The third-order valence-corrected chi connectivity index (χ3v) is 3.77. The van der Waals surface area contributed by atoms with Crippen LogP contribution in [-0.4, -0.2) is 32.8 Å². The molecule has 0 unspecified atom stereocenters. The van der Waals surface area contributed by atoms with Crippen molar-refractivity contribution in [3.63, 3.8) is 0 Å². The first-order valence-corrected chi connectivity index (χ1v) is 6.05. The second kappa shape index (κ2) is 4.06. The zero-order chi connectivity index (χ0) is 13.7. The molecule has 0 spiro atoms. The van der Waals surface area contributed by atoms with Crippen molar-refractivity contribution >= 4 is 23.0 Å². The van der Waals surface area contributed by atoms with Crippen LogP contribution >= 0.6 is 12.2 Å². The Morgan fingerprint density at radius 3 is 2.72 bits per heavy atom. The number of hydrogen-bond acceptors (Lipinski definition) is 3. The summed E-state index contributed by atoms with van der Waals surface area (Å²) in [6.45, 7) is 1.86. The molecule has 2 aliphatic rings. The average Bonchev–Trinajstić information content (AvgIpc) is 2.53. The van der Waals surface area contributed by atoms with Gasteiger partial charge in [0.15, 0.2) is 5.11 Å². The highest BCUT2D eigenvalue weighted by molar-refractivity contribution is 7.80. The van der Waals surface area contributed by atoms with Gasteiger partial charge in [0.1, 0.15) is 0 Å². The minimum Gasteiger partial charge on any atom is -0.375 e. The van der Waals surface area contributed by atoms with Gasteiger partial charge in [0.2, 0.25) is 0 Å². The van der Waals surface area contributed by atoms with Crippen molar-refractivity contribution in [3.05, 3.63) is 0 Å². The minimum absolute atomic E-state index is 0.106. The van der Waals surface area contributed by atoms with E-state index >= 15 is 0 Å². The maximum atomic E-state index is 13.2. The largest absolute Gasteiger partial charge is 0.439 e.